The van der Waals surface area contributed by atoms with Gasteiger partial charge in [0.1, 0.15) is 23.8 Å². The molecule has 1 aliphatic heterocycles. The molecule has 0 radical (unpaired) electrons. The highest BCUT2D eigenvalue weighted by Crippen LogP contribution is 2.40. The highest BCUT2D eigenvalue weighted by molar-refractivity contribution is 5.95. The molecule has 0 aromatic heterocycles. The quantitative estimate of drug-likeness (QED) is 0.398. The Morgan fingerprint density at radius 3 is 1.96 bits per heavy atom. The lowest BCUT2D eigenvalue weighted by atomic mass is 9.82. The fourth-order valence-corrected chi connectivity index (χ4v) is 5.62. The van der Waals surface area contributed by atoms with E-state index in [1.54, 1.807) is 9.80 Å². The van der Waals surface area contributed by atoms with Crippen LogP contribution in [0, 0.1) is 0 Å². The van der Waals surface area contributed by atoms with Gasteiger partial charge < -0.3 is 29.9 Å². The first-order valence-electron chi connectivity index (χ1n) is 15.8. The van der Waals surface area contributed by atoms with E-state index < -0.39 is 34.9 Å². The first-order chi connectivity index (χ1) is 21.2. The molecule has 0 bridgehead atoms. The number of benzene rings is 2. The van der Waals surface area contributed by atoms with E-state index in [1.807, 2.05) is 102 Å². The van der Waals surface area contributed by atoms with Crippen LogP contribution in [0.2, 0.25) is 0 Å². The topological polar surface area (TPSA) is 117 Å². The highest BCUT2D eigenvalue weighted by atomic mass is 16.6. The average molecular weight is 621 g/mol. The van der Waals surface area contributed by atoms with Crippen molar-refractivity contribution < 1.29 is 28.7 Å². The second kappa shape index (κ2) is 13.9. The van der Waals surface area contributed by atoms with Gasteiger partial charge in [0.25, 0.3) is 0 Å². The number of nitrogens with one attached hydrogen (secondary N) is 2. The summed E-state index contributed by atoms with van der Waals surface area (Å²) >= 11 is 0. The maximum absolute atomic E-state index is 14.7. The van der Waals surface area contributed by atoms with Crippen LogP contribution in [-0.2, 0) is 32.1 Å². The van der Waals surface area contributed by atoms with Crippen molar-refractivity contribution in [3.05, 3.63) is 71.8 Å². The molecular weight excluding hydrogens is 572 g/mol. The number of alkyl carbamates (subject to hydrolysis) is 1. The van der Waals surface area contributed by atoms with Gasteiger partial charge in [0.15, 0.2) is 0 Å². The molecule has 10 nitrogen and oxygen atoms in total. The third kappa shape index (κ3) is 9.45. The summed E-state index contributed by atoms with van der Waals surface area (Å²) in [6, 6.07) is 17.7. The van der Waals surface area contributed by atoms with Crippen molar-refractivity contribution >= 4 is 24.0 Å². The van der Waals surface area contributed by atoms with Gasteiger partial charge in [0.05, 0.1) is 0 Å². The Morgan fingerprint density at radius 1 is 0.889 bits per heavy atom. The number of hydrogen-bond acceptors (Lipinski definition) is 6. The van der Waals surface area contributed by atoms with Crippen LogP contribution >= 0.6 is 0 Å². The summed E-state index contributed by atoms with van der Waals surface area (Å²) < 4.78 is 11.1. The van der Waals surface area contributed by atoms with Crippen molar-refractivity contribution in [3.63, 3.8) is 0 Å². The summed E-state index contributed by atoms with van der Waals surface area (Å²) in [5.41, 5.74) is -0.727. The van der Waals surface area contributed by atoms with Crippen LogP contribution < -0.4 is 10.6 Å². The largest absolute Gasteiger partial charge is 0.445 e. The SMILES string of the molecule is CC(C)(C)NC(=O)C1(N(C(=O)[C@H](Cc2ccccc2)NC(=O)OCc2ccccc2)C2CC2)CCN(C(=O)OC(C)(C)C)CC1. The first kappa shape index (κ1) is 33.8. The van der Waals surface area contributed by atoms with Crippen LogP contribution in [0.1, 0.15) is 78.4 Å². The average Bonchev–Trinajstić information content (AvgIpc) is 3.80. The fraction of sp³-hybridized carbons (Fsp3) is 0.543. The second-order valence-corrected chi connectivity index (χ2v) is 14.1. The van der Waals surface area contributed by atoms with Gasteiger partial charge in [0, 0.05) is 31.1 Å². The molecule has 1 atom stereocenters. The monoisotopic (exact) mass is 620 g/mol. The van der Waals surface area contributed by atoms with Crippen LogP contribution in [0.15, 0.2) is 60.7 Å². The van der Waals surface area contributed by atoms with Crippen molar-refractivity contribution in [3.8, 4) is 0 Å². The highest BCUT2D eigenvalue weighted by Gasteiger charge is 2.55. The number of hydrogen-bond donors (Lipinski definition) is 2. The zero-order valence-corrected chi connectivity index (χ0v) is 27.4. The lowest BCUT2D eigenvalue weighted by molar-refractivity contribution is -0.154. The minimum absolute atomic E-state index is 0.0592. The predicted molar refractivity (Wildman–Crippen MR) is 171 cm³/mol. The summed E-state index contributed by atoms with van der Waals surface area (Å²) in [4.78, 5) is 58.3. The van der Waals surface area contributed by atoms with Crippen molar-refractivity contribution in [2.75, 3.05) is 13.1 Å². The molecule has 2 N–H and O–H groups in total. The van der Waals surface area contributed by atoms with Gasteiger partial charge in [-0.2, -0.15) is 0 Å². The Hall–Kier alpha value is -4.08. The molecular formula is C35H48N4O6. The van der Waals surface area contributed by atoms with Gasteiger partial charge >= 0.3 is 12.2 Å². The summed E-state index contributed by atoms with van der Waals surface area (Å²) in [5, 5.41) is 5.94. The molecule has 1 saturated carbocycles. The summed E-state index contributed by atoms with van der Waals surface area (Å²) in [6.45, 7) is 11.7. The molecule has 0 spiro atoms. The zero-order chi connectivity index (χ0) is 32.8. The molecule has 1 heterocycles. The third-order valence-corrected chi connectivity index (χ3v) is 7.85. The maximum atomic E-state index is 14.7. The number of ether oxygens (including phenoxy) is 2. The van der Waals surface area contributed by atoms with E-state index in [0.29, 0.717) is 0 Å². The van der Waals surface area contributed by atoms with Crippen LogP contribution in [-0.4, -0.2) is 75.7 Å². The summed E-state index contributed by atoms with van der Waals surface area (Å²) in [7, 11) is 0. The van der Waals surface area contributed by atoms with E-state index in [1.165, 1.54) is 0 Å². The molecule has 1 saturated heterocycles. The third-order valence-electron chi connectivity index (χ3n) is 7.85. The minimum Gasteiger partial charge on any atom is -0.445 e. The Labute approximate surface area is 266 Å². The summed E-state index contributed by atoms with van der Waals surface area (Å²) in [5.74, 6) is -0.600. The minimum atomic E-state index is -1.21. The van der Waals surface area contributed by atoms with E-state index in [0.717, 1.165) is 24.0 Å². The smallest absolute Gasteiger partial charge is 0.410 e. The molecule has 0 unspecified atom stereocenters. The summed E-state index contributed by atoms with van der Waals surface area (Å²) in [6.07, 6.45) is 1.06. The van der Waals surface area contributed by atoms with Crippen molar-refractivity contribution in [2.45, 2.75) is 109 Å². The van der Waals surface area contributed by atoms with Crippen LogP contribution in [0.3, 0.4) is 0 Å². The predicted octanol–water partition coefficient (Wildman–Crippen LogP) is 5.20. The maximum Gasteiger partial charge on any atom is 0.410 e. The number of rotatable bonds is 9. The van der Waals surface area contributed by atoms with E-state index in [2.05, 4.69) is 10.6 Å². The molecule has 45 heavy (non-hydrogen) atoms. The fourth-order valence-electron chi connectivity index (χ4n) is 5.62. The normalized spacial score (nSPS) is 17.1. The van der Waals surface area contributed by atoms with Gasteiger partial charge in [-0.1, -0.05) is 60.7 Å². The van der Waals surface area contributed by atoms with Crippen molar-refractivity contribution in [2.24, 2.45) is 0 Å². The molecule has 2 fully saturated rings. The van der Waals surface area contributed by atoms with E-state index in [9.17, 15) is 19.2 Å². The molecule has 2 aliphatic rings. The van der Waals surface area contributed by atoms with E-state index >= 15 is 0 Å². The van der Waals surface area contributed by atoms with Crippen LogP contribution in [0.25, 0.3) is 0 Å². The number of amides is 4. The van der Waals surface area contributed by atoms with Gasteiger partial charge in [-0.15, -0.1) is 0 Å². The second-order valence-electron chi connectivity index (χ2n) is 14.1. The zero-order valence-electron chi connectivity index (χ0n) is 27.4. The number of piperidine rings is 1. The van der Waals surface area contributed by atoms with Crippen LogP contribution in [0.5, 0.6) is 0 Å². The number of carbonyl (C=O) groups is 4. The lowest BCUT2D eigenvalue weighted by Crippen LogP contribution is -2.69. The van der Waals surface area contributed by atoms with Gasteiger partial charge in [-0.25, -0.2) is 9.59 Å². The van der Waals surface area contributed by atoms with E-state index in [4.69, 9.17) is 9.47 Å². The van der Waals surface area contributed by atoms with Gasteiger partial charge in [0.2, 0.25) is 11.8 Å². The molecule has 4 amide bonds. The molecule has 2 aromatic carbocycles. The van der Waals surface area contributed by atoms with Gasteiger partial charge in [-0.3, -0.25) is 9.59 Å². The molecule has 10 heteroatoms. The van der Waals surface area contributed by atoms with Crippen molar-refractivity contribution in [1.82, 2.24) is 20.4 Å². The molecule has 1 aliphatic carbocycles. The number of carbonyl (C=O) groups excluding carboxylic acids is 4. The standard InChI is InChI=1S/C35H48N4O6/c1-33(2,3)37-30(41)35(19-21-38(22-20-35)32(43)45-34(4,5)6)39(27-17-18-27)29(40)28(23-25-13-9-7-10-14-25)36-31(42)44-24-26-15-11-8-12-16-26/h7-16,27-28H,17-24H2,1-6H3,(H,36,42)(H,37,41)/t28-/m0/s1. The van der Waals surface area contributed by atoms with Gasteiger partial charge in [-0.05, 0) is 78.4 Å². The van der Waals surface area contributed by atoms with Crippen LogP contribution in [0.4, 0.5) is 9.59 Å². The lowest BCUT2D eigenvalue weighted by Gasteiger charge is -2.49. The molecule has 2 aromatic rings. The molecule has 244 valence electrons. The van der Waals surface area contributed by atoms with Crippen molar-refractivity contribution in [1.29, 1.82) is 0 Å². The number of nitrogens with zero attached hydrogens (tertiary/aromatic N) is 2. The first-order valence-corrected chi connectivity index (χ1v) is 15.8. The number of likely N-dealkylation sites (tertiary alicyclic amines) is 1. The molecule has 4 rings (SSSR count). The Morgan fingerprint density at radius 2 is 1.44 bits per heavy atom. The van der Waals surface area contributed by atoms with E-state index in [-0.39, 0.29) is 56.8 Å². The Balaban J connectivity index is 1.62. The Bertz CT molecular complexity index is 1320. The Kier molecular flexibility index (Phi) is 10.5.